The van der Waals surface area contributed by atoms with Gasteiger partial charge >= 0.3 is 11.8 Å². The highest BCUT2D eigenvalue weighted by atomic mass is 16.8. The van der Waals surface area contributed by atoms with E-state index in [0.717, 1.165) is 19.3 Å². The van der Waals surface area contributed by atoms with Crippen LogP contribution in [0.1, 0.15) is 79.6 Å². The average molecular weight is 420 g/mol. The molecule has 0 N–H and O–H groups in total. The van der Waals surface area contributed by atoms with Gasteiger partial charge in [0.2, 0.25) is 0 Å². The zero-order chi connectivity index (χ0) is 22.2. The van der Waals surface area contributed by atoms with Gasteiger partial charge in [-0.3, -0.25) is 0 Å². The molecule has 0 rings (SSSR count). The molecule has 0 aromatic heterocycles. The molecule has 0 spiro atoms. The van der Waals surface area contributed by atoms with E-state index in [2.05, 4.69) is 6.92 Å². The Bertz CT molecular complexity index is 440. The molecule has 8 nitrogen and oxygen atoms in total. The van der Waals surface area contributed by atoms with Crippen LogP contribution in [0.3, 0.4) is 0 Å². The van der Waals surface area contributed by atoms with Crippen molar-refractivity contribution in [2.24, 2.45) is 0 Å². The summed E-state index contributed by atoms with van der Waals surface area (Å²) in [5.74, 6) is -7.78. The predicted octanol–water partition coefficient (Wildman–Crippen LogP) is 2.57. The van der Waals surface area contributed by atoms with E-state index in [1.807, 2.05) is 0 Å². The third kappa shape index (κ3) is 7.85. The van der Waals surface area contributed by atoms with Crippen molar-refractivity contribution in [3.63, 3.8) is 0 Å². The number of carboxylic acid groups (broad SMARTS) is 1. The number of carboxylic acids is 1. The molecule has 172 valence electrons. The highest BCUT2D eigenvalue weighted by molar-refractivity contribution is 5.89. The first-order valence-electron chi connectivity index (χ1n) is 10.9. The van der Waals surface area contributed by atoms with Gasteiger partial charge in [-0.05, 0) is 34.1 Å². The molecule has 0 aromatic carbocycles. The summed E-state index contributed by atoms with van der Waals surface area (Å²) in [6.07, 6.45) is 7.38. The van der Waals surface area contributed by atoms with Gasteiger partial charge in [0.1, 0.15) is 5.97 Å². The largest absolute Gasteiger partial charge is 0.544 e. The number of hydrogen-bond donors (Lipinski definition) is 0. The smallest absolute Gasteiger partial charge is 0.373 e. The SMILES string of the molecule is CCCCCCCCCOC(=O)C(OCC)(OCC)C(OCC)(OCC)C(=O)[O-]. The lowest BCUT2D eigenvalue weighted by molar-refractivity contribution is -0.421. The normalized spacial score (nSPS) is 12.2. The Morgan fingerprint density at radius 2 is 1.07 bits per heavy atom. The number of ether oxygens (including phenoxy) is 5. The summed E-state index contributed by atoms with van der Waals surface area (Å²) in [4.78, 5) is 25.1. The molecule has 0 aliphatic carbocycles. The number of aliphatic carboxylic acids is 1. The second-order valence-electron chi connectivity index (χ2n) is 6.51. The third-order valence-electron chi connectivity index (χ3n) is 4.34. The fraction of sp³-hybridized carbons (Fsp3) is 0.905. The zero-order valence-corrected chi connectivity index (χ0v) is 18.8. The monoisotopic (exact) mass is 419 g/mol. The highest BCUT2D eigenvalue weighted by Gasteiger charge is 2.64. The maximum Gasteiger partial charge on any atom is 0.373 e. The van der Waals surface area contributed by atoms with Crippen molar-refractivity contribution in [3.05, 3.63) is 0 Å². The molecular weight excluding hydrogens is 380 g/mol. The Hall–Kier alpha value is -1.22. The number of hydrogen-bond acceptors (Lipinski definition) is 8. The Morgan fingerprint density at radius 3 is 1.48 bits per heavy atom. The minimum absolute atomic E-state index is 0.0261. The van der Waals surface area contributed by atoms with Crippen LogP contribution in [-0.2, 0) is 33.3 Å². The van der Waals surface area contributed by atoms with E-state index >= 15 is 0 Å². The maximum absolute atomic E-state index is 13.0. The van der Waals surface area contributed by atoms with Crippen LogP contribution in [0.4, 0.5) is 0 Å². The molecule has 8 heteroatoms. The topological polar surface area (TPSA) is 103 Å². The molecule has 0 radical (unpaired) electrons. The summed E-state index contributed by atoms with van der Waals surface area (Å²) in [6.45, 7) is 8.46. The molecule has 0 aliphatic heterocycles. The maximum atomic E-state index is 13.0. The van der Waals surface area contributed by atoms with Crippen LogP contribution in [0.15, 0.2) is 0 Å². The Balaban J connectivity index is 5.34. The second kappa shape index (κ2) is 15.6. The number of rotatable bonds is 19. The number of unbranched alkanes of at least 4 members (excludes halogenated alkanes) is 6. The minimum Gasteiger partial charge on any atom is -0.544 e. The molecule has 0 atom stereocenters. The fourth-order valence-corrected chi connectivity index (χ4v) is 3.10. The van der Waals surface area contributed by atoms with E-state index in [0.29, 0.717) is 6.42 Å². The molecule has 0 bridgehead atoms. The van der Waals surface area contributed by atoms with Gasteiger partial charge in [-0.1, -0.05) is 45.4 Å². The molecule has 0 aromatic rings. The lowest BCUT2D eigenvalue weighted by Crippen LogP contribution is -2.72. The summed E-state index contributed by atoms with van der Waals surface area (Å²) in [7, 11) is 0. The summed E-state index contributed by atoms with van der Waals surface area (Å²) < 4.78 is 27.1. The zero-order valence-electron chi connectivity index (χ0n) is 18.8. The molecule has 0 saturated heterocycles. The molecule has 29 heavy (non-hydrogen) atoms. The number of carbonyl (C=O) groups excluding carboxylic acids is 2. The van der Waals surface area contributed by atoms with Crippen LogP contribution >= 0.6 is 0 Å². The van der Waals surface area contributed by atoms with Gasteiger partial charge < -0.3 is 33.6 Å². The van der Waals surface area contributed by atoms with Gasteiger partial charge in [-0.2, -0.15) is 0 Å². The lowest BCUT2D eigenvalue weighted by Gasteiger charge is -2.45. The summed E-state index contributed by atoms with van der Waals surface area (Å²) >= 11 is 0. The van der Waals surface area contributed by atoms with Crippen molar-refractivity contribution in [2.45, 2.75) is 91.1 Å². The van der Waals surface area contributed by atoms with Crippen LogP contribution in [-0.4, -0.2) is 56.5 Å². The molecule has 0 aliphatic rings. The number of esters is 1. The van der Waals surface area contributed by atoms with Crippen molar-refractivity contribution < 1.29 is 38.4 Å². The molecular formula is C21H39O8-. The van der Waals surface area contributed by atoms with Crippen molar-refractivity contribution in [2.75, 3.05) is 33.0 Å². The van der Waals surface area contributed by atoms with Crippen LogP contribution in [0.25, 0.3) is 0 Å². The molecule has 0 unspecified atom stereocenters. The third-order valence-corrected chi connectivity index (χ3v) is 4.34. The van der Waals surface area contributed by atoms with Gasteiger partial charge in [0, 0.05) is 26.4 Å². The van der Waals surface area contributed by atoms with Crippen LogP contribution < -0.4 is 5.11 Å². The second-order valence-corrected chi connectivity index (χ2v) is 6.51. The van der Waals surface area contributed by atoms with Gasteiger partial charge in [-0.25, -0.2) is 4.79 Å². The van der Waals surface area contributed by atoms with E-state index in [-0.39, 0.29) is 33.0 Å². The summed E-state index contributed by atoms with van der Waals surface area (Å²) in [5, 5.41) is 12.1. The molecule has 0 fully saturated rings. The van der Waals surface area contributed by atoms with E-state index in [1.54, 1.807) is 27.7 Å². The van der Waals surface area contributed by atoms with Crippen LogP contribution in [0.5, 0.6) is 0 Å². The number of carbonyl (C=O) groups is 2. The van der Waals surface area contributed by atoms with E-state index in [4.69, 9.17) is 23.7 Å². The van der Waals surface area contributed by atoms with E-state index < -0.39 is 23.5 Å². The predicted molar refractivity (Wildman–Crippen MR) is 106 cm³/mol. The van der Waals surface area contributed by atoms with Gasteiger partial charge in [0.25, 0.3) is 5.79 Å². The standard InChI is InChI=1S/C21H40O8/c1-6-11-12-13-14-15-16-17-25-19(24)21(28-9-4,29-10-5)20(18(22)23,26-7-2)27-8-3/h6-17H2,1-5H3,(H,22,23)/p-1. The highest BCUT2D eigenvalue weighted by Crippen LogP contribution is 2.35. The van der Waals surface area contributed by atoms with Crippen LogP contribution in [0.2, 0.25) is 0 Å². The van der Waals surface area contributed by atoms with Crippen molar-refractivity contribution >= 4 is 11.9 Å². The van der Waals surface area contributed by atoms with Gasteiger partial charge in [0.05, 0.1) is 6.61 Å². The Kier molecular flexibility index (Phi) is 14.9. The van der Waals surface area contributed by atoms with E-state index in [1.165, 1.54) is 19.3 Å². The van der Waals surface area contributed by atoms with Gasteiger partial charge in [0.15, 0.2) is 0 Å². The molecule has 0 saturated carbocycles. The average Bonchev–Trinajstić information content (AvgIpc) is 2.69. The first-order valence-corrected chi connectivity index (χ1v) is 10.9. The Morgan fingerprint density at radius 1 is 0.655 bits per heavy atom. The molecule has 0 heterocycles. The van der Waals surface area contributed by atoms with Gasteiger partial charge in [-0.15, -0.1) is 0 Å². The Labute approximate surface area is 175 Å². The summed E-state index contributed by atoms with van der Waals surface area (Å²) in [6, 6.07) is 0. The first-order chi connectivity index (χ1) is 13.9. The summed E-state index contributed by atoms with van der Waals surface area (Å²) in [5.41, 5.74) is 0. The lowest BCUT2D eigenvalue weighted by atomic mass is 10.0. The first kappa shape index (κ1) is 27.8. The minimum atomic E-state index is -2.58. The quantitative estimate of drug-likeness (QED) is 0.179. The van der Waals surface area contributed by atoms with Crippen molar-refractivity contribution in [3.8, 4) is 0 Å². The molecule has 0 amide bonds. The van der Waals surface area contributed by atoms with E-state index in [9.17, 15) is 14.7 Å². The fourth-order valence-electron chi connectivity index (χ4n) is 3.10. The van der Waals surface area contributed by atoms with Crippen LogP contribution in [0, 0.1) is 0 Å². The van der Waals surface area contributed by atoms with Crippen molar-refractivity contribution in [1.82, 2.24) is 0 Å². The van der Waals surface area contributed by atoms with Crippen molar-refractivity contribution in [1.29, 1.82) is 0 Å².